The van der Waals surface area contributed by atoms with Crippen molar-refractivity contribution in [2.75, 3.05) is 30.0 Å². The average molecular weight is 485 g/mol. The quantitative estimate of drug-likeness (QED) is 0.339. The zero-order chi connectivity index (χ0) is 23.8. The van der Waals surface area contributed by atoms with Crippen molar-refractivity contribution in [3.8, 4) is 5.75 Å². The third-order valence-electron chi connectivity index (χ3n) is 4.93. The van der Waals surface area contributed by atoms with Crippen LogP contribution < -0.4 is 14.4 Å². The molecule has 0 bridgehead atoms. The van der Waals surface area contributed by atoms with E-state index in [9.17, 15) is 13.2 Å². The van der Waals surface area contributed by atoms with Gasteiger partial charge in [0.1, 0.15) is 12.4 Å². The standard InChI is InChI=1S/C25H28N2O4S2/c1-19-6-4-8-23(16-19)31-15-14-26-25(28)21-12-10-20(11-13-21)18-27(33(3,29)30)22-7-5-9-24(17-22)32-2/h4-13,16-17H,14-15,18H2,1-3H3,(H,26,28). The minimum absolute atomic E-state index is 0.183. The number of thioether (sulfide) groups is 1. The first-order chi connectivity index (χ1) is 15.8. The van der Waals surface area contributed by atoms with E-state index in [2.05, 4.69) is 5.32 Å². The highest BCUT2D eigenvalue weighted by Crippen LogP contribution is 2.25. The predicted molar refractivity (Wildman–Crippen MR) is 135 cm³/mol. The fraction of sp³-hybridized carbons (Fsp3) is 0.240. The number of aryl methyl sites for hydroxylation is 1. The molecule has 3 aromatic carbocycles. The Morgan fingerprint density at radius 3 is 2.42 bits per heavy atom. The third-order valence-corrected chi connectivity index (χ3v) is 6.80. The number of carbonyl (C=O) groups excluding carboxylic acids is 1. The van der Waals surface area contributed by atoms with Crippen molar-refractivity contribution < 1.29 is 17.9 Å². The van der Waals surface area contributed by atoms with E-state index in [0.29, 0.717) is 24.4 Å². The van der Waals surface area contributed by atoms with Gasteiger partial charge in [-0.05, 0) is 66.8 Å². The van der Waals surface area contributed by atoms with Crippen LogP contribution in [0.4, 0.5) is 5.69 Å². The first kappa shape index (κ1) is 24.7. The number of rotatable bonds is 10. The zero-order valence-electron chi connectivity index (χ0n) is 18.9. The maximum Gasteiger partial charge on any atom is 0.251 e. The summed E-state index contributed by atoms with van der Waals surface area (Å²) in [5, 5.41) is 2.83. The molecule has 0 aliphatic carbocycles. The van der Waals surface area contributed by atoms with Gasteiger partial charge in [-0.15, -0.1) is 11.8 Å². The summed E-state index contributed by atoms with van der Waals surface area (Å²) in [7, 11) is -3.48. The van der Waals surface area contributed by atoms with Crippen LogP contribution in [0.5, 0.6) is 5.75 Å². The van der Waals surface area contributed by atoms with Gasteiger partial charge in [0.15, 0.2) is 0 Å². The lowest BCUT2D eigenvalue weighted by molar-refractivity contribution is 0.0947. The molecule has 0 aromatic heterocycles. The second kappa shape index (κ2) is 11.2. The molecule has 0 aliphatic heterocycles. The van der Waals surface area contributed by atoms with Crippen molar-refractivity contribution in [2.45, 2.75) is 18.4 Å². The molecule has 0 saturated heterocycles. The second-order valence-corrected chi connectivity index (χ2v) is 10.4. The molecule has 1 amide bonds. The molecule has 3 aromatic rings. The van der Waals surface area contributed by atoms with Crippen LogP contribution in [-0.2, 0) is 16.6 Å². The van der Waals surface area contributed by atoms with E-state index in [1.165, 1.54) is 10.6 Å². The van der Waals surface area contributed by atoms with Gasteiger partial charge in [-0.3, -0.25) is 9.10 Å². The minimum atomic E-state index is -3.48. The number of amides is 1. The van der Waals surface area contributed by atoms with Gasteiger partial charge in [0.05, 0.1) is 25.0 Å². The fourth-order valence-corrected chi connectivity index (χ4v) is 4.57. The zero-order valence-corrected chi connectivity index (χ0v) is 20.6. The molecule has 0 fully saturated rings. The van der Waals surface area contributed by atoms with E-state index in [1.807, 2.05) is 55.6 Å². The Morgan fingerprint density at radius 2 is 1.76 bits per heavy atom. The smallest absolute Gasteiger partial charge is 0.251 e. The molecule has 3 rings (SSSR count). The molecule has 0 atom stereocenters. The number of carbonyl (C=O) groups is 1. The SMILES string of the molecule is CSc1cccc(N(Cc2ccc(C(=O)NCCOc3cccc(C)c3)cc2)S(C)(=O)=O)c1. The lowest BCUT2D eigenvalue weighted by Crippen LogP contribution is -2.29. The van der Waals surface area contributed by atoms with Gasteiger partial charge >= 0.3 is 0 Å². The van der Waals surface area contributed by atoms with E-state index in [-0.39, 0.29) is 12.5 Å². The summed E-state index contributed by atoms with van der Waals surface area (Å²) in [5.74, 6) is 0.564. The van der Waals surface area contributed by atoms with E-state index >= 15 is 0 Å². The molecule has 0 unspecified atom stereocenters. The Morgan fingerprint density at radius 1 is 1.03 bits per heavy atom. The summed E-state index contributed by atoms with van der Waals surface area (Å²) >= 11 is 1.55. The van der Waals surface area contributed by atoms with E-state index < -0.39 is 10.0 Å². The summed E-state index contributed by atoms with van der Waals surface area (Å²) in [4.78, 5) is 13.4. The van der Waals surface area contributed by atoms with Crippen LogP contribution in [0.25, 0.3) is 0 Å². The molecule has 0 saturated carbocycles. The van der Waals surface area contributed by atoms with Crippen LogP contribution in [0, 0.1) is 6.92 Å². The Kier molecular flexibility index (Phi) is 8.41. The summed E-state index contributed by atoms with van der Waals surface area (Å²) in [5.41, 5.74) is 3.02. The highest BCUT2D eigenvalue weighted by Gasteiger charge is 2.18. The molecule has 33 heavy (non-hydrogen) atoms. The average Bonchev–Trinajstić information content (AvgIpc) is 2.80. The van der Waals surface area contributed by atoms with Gasteiger partial charge in [0, 0.05) is 10.5 Å². The summed E-state index contributed by atoms with van der Waals surface area (Å²) in [6.07, 6.45) is 3.14. The lowest BCUT2D eigenvalue weighted by atomic mass is 10.1. The Hall–Kier alpha value is -2.97. The van der Waals surface area contributed by atoms with Gasteiger partial charge in [-0.1, -0.05) is 30.3 Å². The Labute approximate surface area is 200 Å². The number of hydrogen-bond donors (Lipinski definition) is 1. The van der Waals surface area contributed by atoms with Crippen LogP contribution >= 0.6 is 11.8 Å². The van der Waals surface area contributed by atoms with Gasteiger partial charge in [-0.2, -0.15) is 0 Å². The van der Waals surface area contributed by atoms with E-state index in [1.54, 1.807) is 42.1 Å². The first-order valence-electron chi connectivity index (χ1n) is 10.4. The molecular weight excluding hydrogens is 456 g/mol. The summed E-state index contributed by atoms with van der Waals surface area (Å²) in [6, 6.07) is 22.1. The largest absolute Gasteiger partial charge is 0.492 e. The van der Waals surface area contributed by atoms with Gasteiger partial charge in [0.25, 0.3) is 5.91 Å². The van der Waals surface area contributed by atoms with E-state index in [4.69, 9.17) is 4.74 Å². The van der Waals surface area contributed by atoms with Crippen molar-refractivity contribution in [3.63, 3.8) is 0 Å². The number of ether oxygens (including phenoxy) is 1. The fourth-order valence-electron chi connectivity index (χ4n) is 3.23. The lowest BCUT2D eigenvalue weighted by Gasteiger charge is -2.23. The maximum absolute atomic E-state index is 12.4. The number of nitrogens with one attached hydrogen (secondary N) is 1. The predicted octanol–water partition coefficient (Wildman–Crippen LogP) is 4.49. The van der Waals surface area contributed by atoms with Crippen molar-refractivity contribution in [1.82, 2.24) is 5.32 Å². The number of hydrogen-bond acceptors (Lipinski definition) is 5. The monoisotopic (exact) mass is 484 g/mol. The van der Waals surface area contributed by atoms with Gasteiger partial charge in [0.2, 0.25) is 10.0 Å². The van der Waals surface area contributed by atoms with Crippen LogP contribution in [0.15, 0.2) is 77.7 Å². The molecule has 0 aliphatic rings. The van der Waals surface area contributed by atoms with Crippen molar-refractivity contribution in [2.24, 2.45) is 0 Å². The Bertz CT molecular complexity index is 1200. The van der Waals surface area contributed by atoms with Crippen LogP contribution in [0.2, 0.25) is 0 Å². The number of benzene rings is 3. The molecule has 0 radical (unpaired) electrons. The van der Waals surface area contributed by atoms with Crippen molar-refractivity contribution in [3.05, 3.63) is 89.5 Å². The highest BCUT2D eigenvalue weighted by atomic mass is 32.2. The third kappa shape index (κ3) is 7.27. The Balaban J connectivity index is 1.59. The van der Waals surface area contributed by atoms with Crippen molar-refractivity contribution >= 4 is 33.4 Å². The maximum atomic E-state index is 12.4. The molecule has 0 heterocycles. The number of nitrogens with zero attached hydrogens (tertiary/aromatic N) is 1. The first-order valence-corrected chi connectivity index (χ1v) is 13.5. The molecule has 8 heteroatoms. The summed E-state index contributed by atoms with van der Waals surface area (Å²) in [6.45, 7) is 2.92. The highest BCUT2D eigenvalue weighted by molar-refractivity contribution is 7.98. The molecule has 1 N–H and O–H groups in total. The van der Waals surface area contributed by atoms with Crippen LogP contribution in [-0.4, -0.2) is 40.0 Å². The van der Waals surface area contributed by atoms with Crippen LogP contribution in [0.3, 0.4) is 0 Å². The molecule has 6 nitrogen and oxygen atoms in total. The van der Waals surface area contributed by atoms with Crippen LogP contribution in [0.1, 0.15) is 21.5 Å². The summed E-state index contributed by atoms with van der Waals surface area (Å²) < 4.78 is 31.9. The van der Waals surface area contributed by atoms with Gasteiger partial charge in [-0.25, -0.2) is 8.42 Å². The normalized spacial score (nSPS) is 11.1. The minimum Gasteiger partial charge on any atom is -0.492 e. The number of anilines is 1. The number of sulfonamides is 1. The van der Waals surface area contributed by atoms with Gasteiger partial charge < -0.3 is 10.1 Å². The molecule has 174 valence electrons. The van der Waals surface area contributed by atoms with Crippen molar-refractivity contribution in [1.29, 1.82) is 0 Å². The second-order valence-electron chi connectivity index (χ2n) is 7.59. The van der Waals surface area contributed by atoms with E-state index in [0.717, 1.165) is 21.8 Å². The molecular formula is C25H28N2O4S2. The topological polar surface area (TPSA) is 75.7 Å². The molecule has 0 spiro atoms.